The first-order valence-electron chi connectivity index (χ1n) is 7.03. The maximum Gasteiger partial charge on any atom is 0.292 e. The number of piperazine rings is 1. The van der Waals surface area contributed by atoms with E-state index in [1.54, 1.807) is 30.5 Å². The lowest BCUT2D eigenvalue weighted by Crippen LogP contribution is -2.45. The van der Waals surface area contributed by atoms with Gasteiger partial charge in [0.25, 0.3) is 5.56 Å². The molecule has 116 valence electrons. The number of benzene rings is 1. The lowest BCUT2D eigenvalue weighted by atomic mass is 10.3. The fourth-order valence-electron chi connectivity index (χ4n) is 2.46. The van der Waals surface area contributed by atoms with Crippen LogP contribution >= 0.6 is 23.2 Å². The third kappa shape index (κ3) is 2.97. The van der Waals surface area contributed by atoms with Crippen molar-refractivity contribution in [3.63, 3.8) is 0 Å². The highest BCUT2D eigenvalue weighted by atomic mass is 35.5. The summed E-state index contributed by atoms with van der Waals surface area (Å²) < 4.78 is 1.29. The standard InChI is InChI=1S/C15H16Cl2N4O/c1-19-6-8-20(9-7-19)13-10-18-21(15(22)14(13)17)12-4-2-11(16)3-5-12/h2-5,10H,6-9H2,1H3. The van der Waals surface area contributed by atoms with Gasteiger partial charge in [0.1, 0.15) is 5.02 Å². The van der Waals surface area contributed by atoms with Gasteiger partial charge in [0.2, 0.25) is 0 Å². The Morgan fingerprint density at radius 2 is 1.68 bits per heavy atom. The van der Waals surface area contributed by atoms with Crippen molar-refractivity contribution >= 4 is 28.9 Å². The van der Waals surface area contributed by atoms with Gasteiger partial charge in [-0.15, -0.1) is 0 Å². The molecule has 0 saturated carbocycles. The zero-order valence-corrected chi connectivity index (χ0v) is 13.7. The van der Waals surface area contributed by atoms with Gasteiger partial charge in [0.05, 0.1) is 17.6 Å². The second kappa shape index (κ2) is 6.28. The predicted octanol–water partition coefficient (Wildman–Crippen LogP) is 2.29. The average molecular weight is 339 g/mol. The molecule has 0 radical (unpaired) electrons. The van der Waals surface area contributed by atoms with Crippen LogP contribution in [0.25, 0.3) is 5.69 Å². The number of hydrogen-bond donors (Lipinski definition) is 0. The van der Waals surface area contributed by atoms with Crippen molar-refractivity contribution in [1.82, 2.24) is 14.7 Å². The van der Waals surface area contributed by atoms with E-state index in [2.05, 4.69) is 21.9 Å². The summed E-state index contributed by atoms with van der Waals surface area (Å²) in [5.74, 6) is 0. The van der Waals surface area contributed by atoms with E-state index in [0.29, 0.717) is 16.4 Å². The Kier molecular flexibility index (Phi) is 4.38. The molecule has 0 spiro atoms. The molecule has 2 aromatic rings. The first kappa shape index (κ1) is 15.3. The van der Waals surface area contributed by atoms with Crippen LogP contribution in [-0.2, 0) is 0 Å². The van der Waals surface area contributed by atoms with Crippen LogP contribution in [0.15, 0.2) is 35.3 Å². The molecule has 0 aliphatic carbocycles. The van der Waals surface area contributed by atoms with Gasteiger partial charge in [0.15, 0.2) is 0 Å². The van der Waals surface area contributed by atoms with Gasteiger partial charge in [-0.3, -0.25) is 4.79 Å². The Bertz CT molecular complexity index is 721. The third-order valence-electron chi connectivity index (χ3n) is 3.82. The molecule has 1 aliphatic rings. The van der Waals surface area contributed by atoms with E-state index in [9.17, 15) is 4.79 Å². The molecular formula is C15H16Cl2N4O. The minimum Gasteiger partial charge on any atom is -0.366 e. The van der Waals surface area contributed by atoms with Gasteiger partial charge in [0, 0.05) is 31.2 Å². The lowest BCUT2D eigenvalue weighted by molar-refractivity contribution is 0.312. The fourth-order valence-corrected chi connectivity index (χ4v) is 2.83. The van der Waals surface area contributed by atoms with E-state index in [-0.39, 0.29) is 10.6 Å². The van der Waals surface area contributed by atoms with Crippen molar-refractivity contribution in [3.8, 4) is 5.69 Å². The molecule has 1 aromatic carbocycles. The summed E-state index contributed by atoms with van der Waals surface area (Å²) in [6.07, 6.45) is 1.66. The summed E-state index contributed by atoms with van der Waals surface area (Å²) in [6.45, 7) is 3.55. The predicted molar refractivity (Wildman–Crippen MR) is 89.6 cm³/mol. The Hall–Kier alpha value is -1.56. The molecule has 0 N–H and O–H groups in total. The summed E-state index contributed by atoms with van der Waals surface area (Å²) in [4.78, 5) is 16.8. The van der Waals surface area contributed by atoms with Crippen molar-refractivity contribution in [2.45, 2.75) is 0 Å². The second-order valence-electron chi connectivity index (χ2n) is 5.33. The van der Waals surface area contributed by atoms with E-state index in [1.165, 1.54) is 4.68 Å². The molecule has 0 unspecified atom stereocenters. The van der Waals surface area contributed by atoms with Crippen molar-refractivity contribution < 1.29 is 0 Å². The highest BCUT2D eigenvalue weighted by Gasteiger charge is 2.19. The van der Waals surface area contributed by atoms with Crippen molar-refractivity contribution in [1.29, 1.82) is 0 Å². The molecule has 1 saturated heterocycles. The van der Waals surface area contributed by atoms with Gasteiger partial charge in [-0.05, 0) is 31.3 Å². The SMILES string of the molecule is CN1CCN(c2cnn(-c3ccc(Cl)cc3)c(=O)c2Cl)CC1. The van der Waals surface area contributed by atoms with Crippen LogP contribution < -0.4 is 10.5 Å². The number of likely N-dealkylation sites (N-methyl/N-ethyl adjacent to an activating group) is 1. The van der Waals surface area contributed by atoms with Crippen LogP contribution in [0.5, 0.6) is 0 Å². The first-order valence-corrected chi connectivity index (χ1v) is 7.79. The number of aromatic nitrogens is 2. The van der Waals surface area contributed by atoms with E-state index >= 15 is 0 Å². The topological polar surface area (TPSA) is 41.4 Å². The minimum absolute atomic E-state index is 0.203. The first-order chi connectivity index (χ1) is 10.6. The zero-order chi connectivity index (χ0) is 15.7. The molecule has 1 fully saturated rings. The van der Waals surface area contributed by atoms with Gasteiger partial charge in [-0.2, -0.15) is 9.78 Å². The van der Waals surface area contributed by atoms with Crippen LogP contribution in [0.2, 0.25) is 10.0 Å². The molecule has 0 amide bonds. The largest absolute Gasteiger partial charge is 0.366 e. The average Bonchev–Trinajstić information content (AvgIpc) is 2.52. The molecule has 1 aromatic heterocycles. The number of hydrogen-bond acceptors (Lipinski definition) is 4. The van der Waals surface area contributed by atoms with Crippen molar-refractivity contribution in [3.05, 3.63) is 50.9 Å². The summed E-state index contributed by atoms with van der Waals surface area (Å²) >= 11 is 12.2. The Labute approximate surface area is 138 Å². The minimum atomic E-state index is -0.319. The molecular weight excluding hydrogens is 323 g/mol. The molecule has 22 heavy (non-hydrogen) atoms. The Morgan fingerprint density at radius 3 is 2.32 bits per heavy atom. The van der Waals surface area contributed by atoms with Crippen LogP contribution in [0.3, 0.4) is 0 Å². The van der Waals surface area contributed by atoms with Crippen molar-refractivity contribution in [2.24, 2.45) is 0 Å². The Balaban J connectivity index is 1.95. The molecule has 0 atom stereocenters. The number of halogens is 2. The normalized spacial score (nSPS) is 16.0. The molecule has 3 rings (SSSR count). The number of nitrogens with zero attached hydrogens (tertiary/aromatic N) is 4. The summed E-state index contributed by atoms with van der Waals surface area (Å²) in [6, 6.07) is 6.91. The maximum atomic E-state index is 12.5. The smallest absolute Gasteiger partial charge is 0.292 e. The summed E-state index contributed by atoms with van der Waals surface area (Å²) in [5, 5.41) is 5.07. The van der Waals surface area contributed by atoms with Crippen LogP contribution in [-0.4, -0.2) is 47.9 Å². The van der Waals surface area contributed by atoms with E-state index in [1.807, 2.05) is 0 Å². The van der Waals surface area contributed by atoms with Gasteiger partial charge < -0.3 is 9.80 Å². The van der Waals surface area contributed by atoms with E-state index in [4.69, 9.17) is 23.2 Å². The lowest BCUT2D eigenvalue weighted by Gasteiger charge is -2.34. The quantitative estimate of drug-likeness (QED) is 0.842. The summed E-state index contributed by atoms with van der Waals surface area (Å²) in [5.41, 5.74) is 1.02. The fraction of sp³-hybridized carbons (Fsp3) is 0.333. The van der Waals surface area contributed by atoms with Crippen LogP contribution in [0, 0.1) is 0 Å². The van der Waals surface area contributed by atoms with E-state index < -0.39 is 0 Å². The molecule has 5 nitrogen and oxygen atoms in total. The van der Waals surface area contributed by atoms with Crippen LogP contribution in [0.1, 0.15) is 0 Å². The highest BCUT2D eigenvalue weighted by molar-refractivity contribution is 6.33. The summed E-state index contributed by atoms with van der Waals surface area (Å²) in [7, 11) is 2.08. The van der Waals surface area contributed by atoms with E-state index in [0.717, 1.165) is 26.2 Å². The zero-order valence-electron chi connectivity index (χ0n) is 12.2. The monoisotopic (exact) mass is 338 g/mol. The van der Waals surface area contributed by atoms with Crippen molar-refractivity contribution in [2.75, 3.05) is 38.1 Å². The molecule has 0 bridgehead atoms. The number of anilines is 1. The molecule has 2 heterocycles. The van der Waals surface area contributed by atoms with Gasteiger partial charge in [-0.1, -0.05) is 23.2 Å². The third-order valence-corrected chi connectivity index (χ3v) is 4.42. The van der Waals surface area contributed by atoms with Gasteiger partial charge in [-0.25, -0.2) is 0 Å². The van der Waals surface area contributed by atoms with Gasteiger partial charge >= 0.3 is 0 Å². The molecule has 1 aliphatic heterocycles. The molecule has 7 heteroatoms. The number of rotatable bonds is 2. The van der Waals surface area contributed by atoms with Crippen LogP contribution in [0.4, 0.5) is 5.69 Å². The highest BCUT2D eigenvalue weighted by Crippen LogP contribution is 2.23. The second-order valence-corrected chi connectivity index (χ2v) is 6.14. The maximum absolute atomic E-state index is 12.5. The Morgan fingerprint density at radius 1 is 1.05 bits per heavy atom.